The number of fused-ring (bicyclic) bond motifs is 1. The van der Waals surface area contributed by atoms with E-state index in [-0.39, 0.29) is 18.3 Å². The predicted molar refractivity (Wildman–Crippen MR) is 148 cm³/mol. The van der Waals surface area contributed by atoms with Crippen molar-refractivity contribution in [3.8, 4) is 11.3 Å². The van der Waals surface area contributed by atoms with E-state index in [1.165, 1.54) is 34.0 Å². The van der Waals surface area contributed by atoms with Gasteiger partial charge in [0.1, 0.15) is 11.5 Å². The van der Waals surface area contributed by atoms with Gasteiger partial charge in [-0.2, -0.15) is 5.10 Å². The van der Waals surface area contributed by atoms with E-state index < -0.39 is 15.7 Å². The molecule has 1 aromatic heterocycles. The van der Waals surface area contributed by atoms with E-state index >= 15 is 0 Å². The smallest absolute Gasteiger partial charge is 0.211 e. The molecule has 0 bridgehead atoms. The van der Waals surface area contributed by atoms with Gasteiger partial charge in [0.2, 0.25) is 10.0 Å². The lowest BCUT2D eigenvalue weighted by Crippen LogP contribution is -2.50. The van der Waals surface area contributed by atoms with Crippen molar-refractivity contribution in [3.63, 3.8) is 0 Å². The van der Waals surface area contributed by atoms with E-state index in [9.17, 15) is 17.9 Å². The van der Waals surface area contributed by atoms with Gasteiger partial charge in [0.05, 0.1) is 23.4 Å². The average Bonchev–Trinajstić information content (AvgIpc) is 3.49. The minimum absolute atomic E-state index is 0.0775. The van der Waals surface area contributed by atoms with Gasteiger partial charge in [0.25, 0.3) is 0 Å². The Morgan fingerprint density at radius 3 is 2.63 bits per heavy atom. The zero-order valence-corrected chi connectivity index (χ0v) is 23.4. The van der Waals surface area contributed by atoms with Crippen LogP contribution < -0.4 is 10.2 Å². The number of anilines is 1. The largest absolute Gasteiger partial charge is 0.396 e. The Bertz CT molecular complexity index is 1380. The van der Waals surface area contributed by atoms with Crippen LogP contribution in [-0.4, -0.2) is 72.2 Å². The van der Waals surface area contributed by atoms with Crippen molar-refractivity contribution in [2.75, 3.05) is 37.9 Å². The molecule has 12 heteroatoms. The minimum Gasteiger partial charge on any atom is -0.396 e. The number of halogens is 1. The zero-order chi connectivity index (χ0) is 27.1. The van der Waals surface area contributed by atoms with Crippen LogP contribution in [0.25, 0.3) is 11.3 Å². The molecule has 1 saturated heterocycles. The van der Waals surface area contributed by atoms with Crippen molar-refractivity contribution in [1.29, 1.82) is 0 Å². The normalized spacial score (nSPS) is 22.4. The first-order valence-corrected chi connectivity index (χ1v) is 15.4. The third-order valence-corrected chi connectivity index (χ3v) is 9.49. The van der Waals surface area contributed by atoms with E-state index in [4.69, 9.17) is 10.1 Å². The van der Waals surface area contributed by atoms with Crippen LogP contribution >= 0.6 is 11.3 Å². The zero-order valence-electron chi connectivity index (χ0n) is 21.8. The highest BCUT2D eigenvalue weighted by molar-refractivity contribution is 7.88. The Morgan fingerprint density at radius 1 is 1.26 bits per heavy atom. The van der Waals surface area contributed by atoms with Crippen LogP contribution in [0.15, 0.2) is 58.4 Å². The minimum atomic E-state index is -3.20. The topological polar surface area (TPSA) is 101 Å². The number of aromatic nitrogens is 1. The first-order valence-electron chi connectivity index (χ1n) is 12.7. The summed E-state index contributed by atoms with van der Waals surface area (Å²) < 4.78 is 38.9. The van der Waals surface area contributed by atoms with Crippen molar-refractivity contribution in [2.24, 2.45) is 11.0 Å². The van der Waals surface area contributed by atoms with Crippen LogP contribution in [0.3, 0.4) is 0 Å². The number of nitrogens with one attached hydrogen (secondary N) is 1. The Kier molecular flexibility index (Phi) is 7.33. The van der Waals surface area contributed by atoms with Gasteiger partial charge < -0.3 is 15.3 Å². The number of hydrogen-bond acceptors (Lipinski definition) is 9. The number of thiazole rings is 1. The number of sulfonamides is 1. The fourth-order valence-corrected chi connectivity index (χ4v) is 6.84. The van der Waals surface area contributed by atoms with Gasteiger partial charge in [-0.3, -0.25) is 0 Å². The molecule has 0 amide bonds. The van der Waals surface area contributed by atoms with Crippen LogP contribution in [0.4, 0.5) is 9.52 Å². The highest BCUT2D eigenvalue weighted by Crippen LogP contribution is 2.39. The van der Waals surface area contributed by atoms with Gasteiger partial charge in [-0.1, -0.05) is 0 Å². The van der Waals surface area contributed by atoms with Crippen molar-refractivity contribution in [2.45, 2.75) is 38.3 Å². The number of benzene rings is 1. The summed E-state index contributed by atoms with van der Waals surface area (Å²) in [4.78, 5) is 6.83. The lowest BCUT2D eigenvalue weighted by molar-refractivity contribution is 0.198. The number of piperidine rings is 1. The third-order valence-electron chi connectivity index (χ3n) is 7.27. The summed E-state index contributed by atoms with van der Waals surface area (Å²) in [6.45, 7) is 3.11. The molecule has 2 N–H and O–H groups in total. The summed E-state index contributed by atoms with van der Waals surface area (Å²) in [7, 11) is -1.24. The molecule has 0 saturated carbocycles. The van der Waals surface area contributed by atoms with E-state index in [0.29, 0.717) is 38.8 Å². The number of nitrogens with zero attached hydrogens (tertiary/aromatic N) is 5. The summed E-state index contributed by atoms with van der Waals surface area (Å²) in [5, 5.41) is 22.9. The monoisotopic (exact) mass is 560 g/mol. The highest BCUT2D eigenvalue weighted by atomic mass is 32.2. The van der Waals surface area contributed by atoms with Gasteiger partial charge in [0.15, 0.2) is 11.0 Å². The van der Waals surface area contributed by atoms with E-state index in [0.717, 1.165) is 33.6 Å². The molecule has 0 aliphatic carbocycles. The van der Waals surface area contributed by atoms with Gasteiger partial charge >= 0.3 is 0 Å². The maximum atomic E-state index is 13.4. The molecular weight excluding hydrogens is 527 g/mol. The molecular formula is C26H33FN6O3S2. The SMILES string of the molecule is CN(C1=C(CCCO)NC2(C)C=CC(C3CCN(S(C)(=O)=O)CC3)=NN12)c1nc(-c2ccc(F)cc2)cs1. The second-order valence-electron chi connectivity index (χ2n) is 10.1. The van der Waals surface area contributed by atoms with E-state index in [1.807, 2.05) is 28.4 Å². The molecule has 9 nitrogen and oxygen atoms in total. The van der Waals surface area contributed by atoms with E-state index in [1.54, 1.807) is 12.1 Å². The number of aliphatic hydroxyl groups is 1. The highest BCUT2D eigenvalue weighted by Gasteiger charge is 2.44. The van der Waals surface area contributed by atoms with E-state index in [2.05, 4.69) is 18.3 Å². The Hall–Kier alpha value is -2.80. The second-order valence-corrected chi connectivity index (χ2v) is 12.9. The fraction of sp³-hybridized carbons (Fsp3) is 0.462. The molecule has 3 aliphatic rings. The average molecular weight is 561 g/mol. The molecule has 0 spiro atoms. The van der Waals surface area contributed by atoms with Crippen LogP contribution in [-0.2, 0) is 10.0 Å². The lowest BCUT2D eigenvalue weighted by Gasteiger charge is -2.39. The standard InChI is InChI=1S/C26H33FN6O3S2/c1-26-13-10-21(19-11-14-32(15-12-19)38(3,35)36)30-33(26)24(22(29-26)5-4-16-34)31(2)25-28-23(17-37-25)18-6-8-20(27)9-7-18/h6-10,13,17,19,29,34H,4-5,11-12,14-16H2,1-3H3. The molecule has 5 rings (SSSR count). The number of aliphatic hydroxyl groups excluding tert-OH is 1. The molecule has 0 radical (unpaired) electrons. The molecule has 3 aliphatic heterocycles. The summed E-state index contributed by atoms with van der Waals surface area (Å²) >= 11 is 1.49. The van der Waals surface area contributed by atoms with Gasteiger partial charge in [-0.25, -0.2) is 27.1 Å². The van der Waals surface area contributed by atoms with Gasteiger partial charge in [0, 0.05) is 43.6 Å². The van der Waals surface area contributed by atoms with Crippen LogP contribution in [0.2, 0.25) is 0 Å². The molecule has 1 fully saturated rings. The van der Waals surface area contributed by atoms with Gasteiger partial charge in [-0.15, -0.1) is 11.3 Å². The van der Waals surface area contributed by atoms with Crippen LogP contribution in [0.1, 0.15) is 32.6 Å². The van der Waals surface area contributed by atoms with Crippen molar-refractivity contribution < 1.29 is 17.9 Å². The fourth-order valence-electron chi connectivity index (χ4n) is 5.16. The molecule has 1 atom stereocenters. The second kappa shape index (κ2) is 10.4. The van der Waals surface area contributed by atoms with Crippen LogP contribution in [0.5, 0.6) is 0 Å². The first-order chi connectivity index (χ1) is 18.1. The molecule has 1 unspecified atom stereocenters. The molecule has 204 valence electrons. The number of allylic oxidation sites excluding steroid dienone is 2. The molecule has 2 aromatic rings. The summed E-state index contributed by atoms with van der Waals surface area (Å²) in [5.74, 6) is 0.730. The Balaban J connectivity index is 1.44. The first kappa shape index (κ1) is 26.8. The van der Waals surface area contributed by atoms with Gasteiger partial charge in [-0.05, 0) is 69.0 Å². The Labute approximate surface area is 227 Å². The molecule has 38 heavy (non-hydrogen) atoms. The van der Waals surface area contributed by atoms with Crippen molar-refractivity contribution >= 4 is 32.2 Å². The maximum Gasteiger partial charge on any atom is 0.211 e. The van der Waals surface area contributed by atoms with Crippen LogP contribution in [0, 0.1) is 11.7 Å². The summed E-state index contributed by atoms with van der Waals surface area (Å²) in [5.41, 5.74) is 2.92. The molecule has 1 aromatic carbocycles. The van der Waals surface area contributed by atoms with Crippen molar-refractivity contribution in [3.05, 3.63) is 59.1 Å². The lowest BCUT2D eigenvalue weighted by atomic mass is 9.91. The number of hydrogen-bond donors (Lipinski definition) is 2. The Morgan fingerprint density at radius 2 is 1.97 bits per heavy atom. The predicted octanol–water partition coefficient (Wildman–Crippen LogP) is 3.55. The molecule has 4 heterocycles. The maximum absolute atomic E-state index is 13.4. The van der Waals surface area contributed by atoms with Crippen molar-refractivity contribution in [1.82, 2.24) is 19.6 Å². The summed E-state index contributed by atoms with van der Waals surface area (Å²) in [6, 6.07) is 6.29. The quantitative estimate of drug-likeness (QED) is 0.509. The third kappa shape index (κ3) is 5.22. The number of rotatable bonds is 8. The number of hydrazone groups is 1. The summed E-state index contributed by atoms with van der Waals surface area (Å²) in [6.07, 6.45) is 8.09.